The molecule has 0 amide bonds. The van der Waals surface area contributed by atoms with Gasteiger partial charge in [0, 0.05) is 11.8 Å². The Morgan fingerprint density at radius 3 is 2.24 bits per heavy atom. The predicted molar refractivity (Wildman–Crippen MR) is 128 cm³/mol. The predicted octanol–water partition coefficient (Wildman–Crippen LogP) is 3.87. The van der Waals surface area contributed by atoms with Gasteiger partial charge >= 0.3 is 0 Å². The van der Waals surface area contributed by atoms with Crippen LogP contribution in [-0.4, -0.2) is 40.9 Å². The Hall–Kier alpha value is -4.32. The summed E-state index contributed by atoms with van der Waals surface area (Å²) < 4.78 is 43.3. The monoisotopic (exact) mass is 486 g/mol. The minimum absolute atomic E-state index is 0.0186. The lowest BCUT2D eigenvalue weighted by molar-refractivity contribution is -0.384. The molecule has 11 nitrogen and oxygen atoms in total. The molecule has 34 heavy (non-hydrogen) atoms. The van der Waals surface area contributed by atoms with Crippen LogP contribution in [0.15, 0.2) is 70.7 Å². The molecule has 3 rings (SSSR count). The molecule has 3 aromatic carbocycles. The Kier molecular flexibility index (Phi) is 7.53. The highest BCUT2D eigenvalue weighted by molar-refractivity contribution is 7.92. The van der Waals surface area contributed by atoms with Crippen molar-refractivity contribution in [3.05, 3.63) is 76.3 Å². The average molecular weight is 487 g/mol. The van der Waals surface area contributed by atoms with Crippen LogP contribution in [0, 0.1) is 10.1 Å². The number of rotatable bonds is 10. The molecule has 0 aliphatic rings. The zero-order chi connectivity index (χ0) is 24.7. The number of methoxy groups -OCH3 is 3. The third kappa shape index (κ3) is 5.72. The van der Waals surface area contributed by atoms with E-state index < -0.39 is 20.6 Å². The molecule has 0 spiro atoms. The summed E-state index contributed by atoms with van der Waals surface area (Å²) in [5.74, 6) is 1.60. The van der Waals surface area contributed by atoms with Crippen LogP contribution in [0.25, 0.3) is 0 Å². The van der Waals surface area contributed by atoms with E-state index in [1.165, 1.54) is 51.8 Å². The molecular formula is C22H22N4O7S. The Labute approximate surface area is 196 Å². The van der Waals surface area contributed by atoms with E-state index in [0.29, 0.717) is 22.8 Å². The van der Waals surface area contributed by atoms with Gasteiger partial charge in [-0.2, -0.15) is 5.10 Å². The Morgan fingerprint density at radius 2 is 1.62 bits per heavy atom. The molecule has 0 bridgehead atoms. The van der Waals surface area contributed by atoms with Crippen LogP contribution < -0.4 is 24.4 Å². The first-order valence-corrected chi connectivity index (χ1v) is 11.2. The first-order chi connectivity index (χ1) is 16.3. The quantitative estimate of drug-likeness (QED) is 0.250. The van der Waals surface area contributed by atoms with Crippen molar-refractivity contribution in [3.8, 4) is 17.2 Å². The molecule has 0 atom stereocenters. The van der Waals surface area contributed by atoms with Crippen molar-refractivity contribution in [3.63, 3.8) is 0 Å². The van der Waals surface area contributed by atoms with Gasteiger partial charge in [-0.25, -0.2) is 8.42 Å². The average Bonchev–Trinajstić information content (AvgIpc) is 2.84. The summed E-state index contributed by atoms with van der Waals surface area (Å²) in [6, 6.07) is 14.8. The van der Waals surface area contributed by atoms with E-state index in [0.717, 1.165) is 6.07 Å². The number of ether oxygens (including phenoxy) is 3. The van der Waals surface area contributed by atoms with Crippen LogP contribution in [0.2, 0.25) is 0 Å². The number of nitro groups is 1. The lowest BCUT2D eigenvalue weighted by Crippen LogP contribution is -2.13. The molecular weight excluding hydrogens is 464 g/mol. The fraction of sp³-hybridized carbons (Fsp3) is 0.136. The van der Waals surface area contributed by atoms with Gasteiger partial charge in [-0.3, -0.25) is 20.3 Å². The summed E-state index contributed by atoms with van der Waals surface area (Å²) in [5.41, 5.74) is 3.07. The number of nitrogens with zero attached hydrogens (tertiary/aromatic N) is 2. The summed E-state index contributed by atoms with van der Waals surface area (Å²) in [6.45, 7) is 0. The first-order valence-electron chi connectivity index (χ1n) is 9.74. The van der Waals surface area contributed by atoms with E-state index in [-0.39, 0.29) is 16.3 Å². The smallest absolute Gasteiger partial charge is 0.295 e. The lowest BCUT2D eigenvalue weighted by Gasteiger charge is -2.10. The van der Waals surface area contributed by atoms with E-state index in [1.807, 2.05) is 0 Å². The fourth-order valence-electron chi connectivity index (χ4n) is 2.91. The van der Waals surface area contributed by atoms with Crippen molar-refractivity contribution >= 4 is 33.3 Å². The van der Waals surface area contributed by atoms with Crippen LogP contribution in [0.4, 0.5) is 17.1 Å². The molecule has 0 aliphatic heterocycles. The SMILES string of the molecule is COc1ccc(NS(=O)(=O)c2ccc(N/N=C/c3ccc(OC)c(OC)c3)c([N+](=O)[O-])c2)cc1. The standard InChI is InChI=1S/C22H22N4O7S/c1-31-17-7-5-16(6-8-17)25-34(29,30)18-9-10-19(20(13-18)26(27)28)24-23-14-15-4-11-21(32-2)22(12-15)33-3/h4-14,24-25H,1-3H3/b23-14+. The summed E-state index contributed by atoms with van der Waals surface area (Å²) in [6.07, 6.45) is 1.43. The van der Waals surface area contributed by atoms with Gasteiger partial charge in [0.2, 0.25) is 0 Å². The van der Waals surface area contributed by atoms with Gasteiger partial charge in [0.1, 0.15) is 11.4 Å². The summed E-state index contributed by atoms with van der Waals surface area (Å²) >= 11 is 0. The van der Waals surface area contributed by atoms with Crippen LogP contribution in [0.3, 0.4) is 0 Å². The maximum Gasteiger partial charge on any atom is 0.295 e. The highest BCUT2D eigenvalue weighted by Crippen LogP contribution is 2.29. The zero-order valence-corrected chi connectivity index (χ0v) is 19.3. The summed E-state index contributed by atoms with van der Waals surface area (Å²) in [4.78, 5) is 10.6. The second-order valence-electron chi connectivity index (χ2n) is 6.75. The summed E-state index contributed by atoms with van der Waals surface area (Å²) in [5, 5.41) is 15.6. The molecule has 2 N–H and O–H groups in total. The normalized spacial score (nSPS) is 11.1. The van der Waals surface area contributed by atoms with Crippen LogP contribution in [0.5, 0.6) is 17.2 Å². The number of benzene rings is 3. The minimum atomic E-state index is -4.07. The van der Waals surface area contributed by atoms with Crippen molar-refractivity contribution in [1.82, 2.24) is 0 Å². The van der Waals surface area contributed by atoms with E-state index >= 15 is 0 Å². The van der Waals surface area contributed by atoms with Gasteiger partial charge in [0.05, 0.1) is 37.4 Å². The van der Waals surface area contributed by atoms with Crippen molar-refractivity contribution in [2.45, 2.75) is 4.90 Å². The zero-order valence-electron chi connectivity index (χ0n) is 18.5. The Balaban J connectivity index is 1.81. The number of nitrogens with one attached hydrogen (secondary N) is 2. The van der Waals surface area contributed by atoms with Gasteiger partial charge in [-0.1, -0.05) is 0 Å². The first kappa shape index (κ1) is 24.3. The highest BCUT2D eigenvalue weighted by atomic mass is 32.2. The van der Waals surface area contributed by atoms with Gasteiger partial charge in [-0.15, -0.1) is 0 Å². The largest absolute Gasteiger partial charge is 0.497 e. The van der Waals surface area contributed by atoms with Gasteiger partial charge < -0.3 is 14.2 Å². The molecule has 0 aliphatic carbocycles. The molecule has 0 fully saturated rings. The van der Waals surface area contributed by atoms with Crippen molar-refractivity contribution in [1.29, 1.82) is 0 Å². The number of hydrazone groups is 1. The van der Waals surface area contributed by atoms with Crippen LogP contribution >= 0.6 is 0 Å². The van der Waals surface area contributed by atoms with Crippen LogP contribution in [-0.2, 0) is 10.0 Å². The molecule has 0 saturated heterocycles. The second kappa shape index (κ2) is 10.5. The van der Waals surface area contributed by atoms with Gasteiger partial charge in [-0.05, 0) is 60.2 Å². The molecule has 0 radical (unpaired) electrons. The van der Waals surface area contributed by atoms with E-state index in [9.17, 15) is 18.5 Å². The Bertz CT molecular complexity index is 1310. The van der Waals surface area contributed by atoms with Crippen molar-refractivity contribution in [2.24, 2.45) is 5.10 Å². The maximum absolute atomic E-state index is 12.7. The number of hydrogen-bond donors (Lipinski definition) is 2. The fourth-order valence-corrected chi connectivity index (χ4v) is 3.99. The van der Waals surface area contributed by atoms with E-state index in [1.54, 1.807) is 30.3 Å². The second-order valence-corrected chi connectivity index (χ2v) is 8.44. The molecule has 0 aromatic heterocycles. The van der Waals surface area contributed by atoms with Gasteiger partial charge in [0.15, 0.2) is 11.5 Å². The lowest BCUT2D eigenvalue weighted by atomic mass is 10.2. The van der Waals surface area contributed by atoms with Crippen LogP contribution in [0.1, 0.15) is 5.56 Å². The number of nitro benzene ring substituents is 1. The molecule has 178 valence electrons. The molecule has 0 heterocycles. The van der Waals surface area contributed by atoms with Crippen molar-refractivity contribution < 1.29 is 27.6 Å². The van der Waals surface area contributed by atoms with Crippen molar-refractivity contribution in [2.75, 3.05) is 31.5 Å². The highest BCUT2D eigenvalue weighted by Gasteiger charge is 2.21. The summed E-state index contributed by atoms with van der Waals surface area (Å²) in [7, 11) is 0.437. The maximum atomic E-state index is 12.7. The minimum Gasteiger partial charge on any atom is -0.497 e. The molecule has 3 aromatic rings. The third-order valence-corrected chi connectivity index (χ3v) is 6.00. The number of anilines is 2. The van der Waals surface area contributed by atoms with E-state index in [4.69, 9.17) is 14.2 Å². The number of hydrogen-bond acceptors (Lipinski definition) is 9. The molecule has 12 heteroatoms. The molecule has 0 saturated carbocycles. The topological polar surface area (TPSA) is 141 Å². The van der Waals surface area contributed by atoms with E-state index in [2.05, 4.69) is 15.2 Å². The van der Waals surface area contributed by atoms with Gasteiger partial charge in [0.25, 0.3) is 15.7 Å². The number of sulfonamides is 1. The third-order valence-electron chi connectivity index (χ3n) is 4.62. The molecule has 0 unspecified atom stereocenters. The Morgan fingerprint density at radius 1 is 0.912 bits per heavy atom.